The lowest BCUT2D eigenvalue weighted by atomic mass is 10.1. The maximum atomic E-state index is 11.9. The molecule has 1 heterocycles. The maximum Gasteiger partial charge on any atom is 0.237 e. The van der Waals surface area contributed by atoms with Crippen LogP contribution in [0.25, 0.3) is 0 Å². The minimum absolute atomic E-state index is 0.113. The molecule has 0 aliphatic carbocycles. The Bertz CT molecular complexity index is 448. The van der Waals surface area contributed by atoms with Gasteiger partial charge in [0.15, 0.2) is 5.79 Å². The van der Waals surface area contributed by atoms with Crippen LogP contribution in [-0.4, -0.2) is 37.0 Å². The first-order valence-corrected chi connectivity index (χ1v) is 6.85. The van der Waals surface area contributed by atoms with Crippen molar-refractivity contribution in [1.29, 1.82) is 0 Å². The van der Waals surface area contributed by atoms with Gasteiger partial charge in [-0.05, 0) is 25.8 Å². The van der Waals surface area contributed by atoms with Crippen LogP contribution in [0.4, 0.5) is 0 Å². The fraction of sp³-hybridized carbons (Fsp3) is 0.533. The summed E-state index contributed by atoms with van der Waals surface area (Å²) in [4.78, 5) is 11.9. The van der Waals surface area contributed by atoms with Gasteiger partial charge in [-0.3, -0.25) is 4.79 Å². The molecule has 110 valence electrons. The molecule has 0 saturated carbocycles. The summed E-state index contributed by atoms with van der Waals surface area (Å²) in [5.74, 6) is -0.733. The Kier molecular flexibility index (Phi) is 4.75. The lowest BCUT2D eigenvalue weighted by Gasteiger charge is -2.18. The van der Waals surface area contributed by atoms with Crippen LogP contribution >= 0.6 is 0 Å². The molecule has 1 aromatic carbocycles. The molecule has 5 heteroatoms. The van der Waals surface area contributed by atoms with Gasteiger partial charge < -0.3 is 20.5 Å². The topological polar surface area (TPSA) is 73.6 Å². The zero-order valence-electron chi connectivity index (χ0n) is 12.0. The minimum atomic E-state index is -0.568. The summed E-state index contributed by atoms with van der Waals surface area (Å²) in [6, 6.07) is 9.19. The van der Waals surface area contributed by atoms with Crippen molar-refractivity contribution in [3.05, 3.63) is 35.9 Å². The number of hydrogen-bond acceptors (Lipinski definition) is 4. The summed E-state index contributed by atoms with van der Waals surface area (Å²) in [6.07, 6.45) is 0.415. The molecule has 1 aliphatic heterocycles. The highest BCUT2D eigenvalue weighted by atomic mass is 16.7. The Labute approximate surface area is 119 Å². The third-order valence-electron chi connectivity index (χ3n) is 3.21. The fourth-order valence-corrected chi connectivity index (χ4v) is 2.17. The van der Waals surface area contributed by atoms with Gasteiger partial charge in [0, 0.05) is 6.54 Å². The Morgan fingerprint density at radius 1 is 1.45 bits per heavy atom. The number of benzene rings is 1. The molecule has 20 heavy (non-hydrogen) atoms. The van der Waals surface area contributed by atoms with E-state index in [4.69, 9.17) is 15.2 Å². The smallest absolute Gasteiger partial charge is 0.237 e. The van der Waals surface area contributed by atoms with Crippen molar-refractivity contribution in [3.8, 4) is 0 Å². The second-order valence-electron chi connectivity index (χ2n) is 5.49. The fourth-order valence-electron chi connectivity index (χ4n) is 2.17. The normalized spacial score (nSPS) is 22.4. The van der Waals surface area contributed by atoms with E-state index in [1.807, 2.05) is 44.2 Å². The summed E-state index contributed by atoms with van der Waals surface area (Å²) in [7, 11) is 0. The van der Waals surface area contributed by atoms with Gasteiger partial charge in [-0.25, -0.2) is 0 Å². The van der Waals surface area contributed by atoms with Crippen LogP contribution in [0.1, 0.15) is 19.4 Å². The van der Waals surface area contributed by atoms with Crippen LogP contribution < -0.4 is 11.1 Å². The van der Waals surface area contributed by atoms with Crippen molar-refractivity contribution in [2.75, 3.05) is 13.2 Å². The van der Waals surface area contributed by atoms with Crippen molar-refractivity contribution < 1.29 is 14.3 Å². The maximum absolute atomic E-state index is 11.9. The van der Waals surface area contributed by atoms with Crippen molar-refractivity contribution in [2.45, 2.75) is 38.2 Å². The van der Waals surface area contributed by atoms with Gasteiger partial charge in [0.25, 0.3) is 0 Å². The highest BCUT2D eigenvalue weighted by molar-refractivity contribution is 5.81. The van der Waals surface area contributed by atoms with E-state index in [-0.39, 0.29) is 12.0 Å². The van der Waals surface area contributed by atoms with Crippen molar-refractivity contribution in [3.63, 3.8) is 0 Å². The molecule has 1 aliphatic rings. The van der Waals surface area contributed by atoms with E-state index in [0.29, 0.717) is 19.6 Å². The van der Waals surface area contributed by atoms with Crippen molar-refractivity contribution >= 4 is 5.91 Å². The Morgan fingerprint density at radius 3 is 2.75 bits per heavy atom. The largest absolute Gasteiger partial charge is 0.352 e. The molecule has 1 aromatic rings. The van der Waals surface area contributed by atoms with E-state index in [9.17, 15) is 4.79 Å². The Balaban J connectivity index is 1.75. The van der Waals surface area contributed by atoms with Gasteiger partial charge >= 0.3 is 0 Å². The summed E-state index contributed by atoms with van der Waals surface area (Å²) in [6.45, 7) is 4.62. The number of hydrogen-bond donors (Lipinski definition) is 2. The van der Waals surface area contributed by atoms with E-state index >= 15 is 0 Å². The molecule has 1 saturated heterocycles. The summed E-state index contributed by atoms with van der Waals surface area (Å²) in [5, 5.41) is 2.81. The number of nitrogens with two attached hydrogens (primary N) is 1. The van der Waals surface area contributed by atoms with Gasteiger partial charge in [0.2, 0.25) is 5.91 Å². The van der Waals surface area contributed by atoms with Crippen LogP contribution in [-0.2, 0) is 20.7 Å². The van der Waals surface area contributed by atoms with Crippen LogP contribution in [0, 0.1) is 0 Å². The predicted molar refractivity (Wildman–Crippen MR) is 76.0 cm³/mol. The molecule has 5 nitrogen and oxygen atoms in total. The van der Waals surface area contributed by atoms with Crippen molar-refractivity contribution in [1.82, 2.24) is 5.32 Å². The molecular weight excluding hydrogens is 256 g/mol. The average molecular weight is 278 g/mol. The number of carbonyl (C=O) groups is 1. The highest BCUT2D eigenvalue weighted by Gasteiger charge is 2.32. The molecule has 0 bridgehead atoms. The first-order chi connectivity index (χ1) is 9.46. The van der Waals surface area contributed by atoms with Crippen LogP contribution in [0.15, 0.2) is 30.3 Å². The molecule has 2 rings (SSSR count). The van der Waals surface area contributed by atoms with Crippen LogP contribution in [0.5, 0.6) is 0 Å². The predicted octanol–water partition coefficient (Wildman–Crippen LogP) is 0.824. The Hall–Kier alpha value is -1.43. The van der Waals surface area contributed by atoms with Gasteiger partial charge in [0.1, 0.15) is 6.10 Å². The van der Waals surface area contributed by atoms with Gasteiger partial charge in [-0.2, -0.15) is 0 Å². The molecule has 1 fully saturated rings. The summed E-state index contributed by atoms with van der Waals surface area (Å²) < 4.78 is 11.1. The van der Waals surface area contributed by atoms with Crippen LogP contribution in [0.3, 0.4) is 0 Å². The first-order valence-electron chi connectivity index (χ1n) is 6.85. The van der Waals surface area contributed by atoms with E-state index in [1.54, 1.807) is 0 Å². The average Bonchev–Trinajstić information content (AvgIpc) is 2.76. The SMILES string of the molecule is CC1(C)OCC(CNC(=O)C(N)Cc2ccccc2)O1. The third kappa shape index (κ3) is 4.30. The lowest BCUT2D eigenvalue weighted by Crippen LogP contribution is -2.45. The second kappa shape index (κ2) is 6.35. The second-order valence-corrected chi connectivity index (χ2v) is 5.49. The van der Waals surface area contributed by atoms with E-state index in [2.05, 4.69) is 5.32 Å². The zero-order chi connectivity index (χ0) is 14.6. The summed E-state index contributed by atoms with van der Waals surface area (Å²) in [5.41, 5.74) is 6.96. The number of ether oxygens (including phenoxy) is 2. The molecule has 2 atom stereocenters. The molecule has 2 unspecified atom stereocenters. The summed E-state index contributed by atoms with van der Waals surface area (Å²) >= 11 is 0. The van der Waals surface area contributed by atoms with Gasteiger partial charge in [-0.15, -0.1) is 0 Å². The standard InChI is InChI=1S/C15H22N2O3/c1-15(2)19-10-12(20-15)9-17-14(18)13(16)8-11-6-4-3-5-7-11/h3-7,12-13H,8-10,16H2,1-2H3,(H,17,18). The molecule has 0 radical (unpaired) electrons. The molecule has 0 aromatic heterocycles. The molecular formula is C15H22N2O3. The van der Waals surface area contributed by atoms with E-state index < -0.39 is 11.8 Å². The third-order valence-corrected chi connectivity index (χ3v) is 3.21. The molecule has 3 N–H and O–H groups in total. The number of rotatable bonds is 5. The van der Waals surface area contributed by atoms with E-state index in [1.165, 1.54) is 0 Å². The monoisotopic (exact) mass is 278 g/mol. The van der Waals surface area contributed by atoms with Gasteiger partial charge in [-0.1, -0.05) is 30.3 Å². The minimum Gasteiger partial charge on any atom is -0.352 e. The highest BCUT2D eigenvalue weighted by Crippen LogP contribution is 2.21. The molecule has 0 spiro atoms. The van der Waals surface area contributed by atoms with Crippen LogP contribution in [0.2, 0.25) is 0 Å². The number of nitrogens with one attached hydrogen (secondary N) is 1. The van der Waals surface area contributed by atoms with Crippen molar-refractivity contribution in [2.24, 2.45) is 5.73 Å². The van der Waals surface area contributed by atoms with Gasteiger partial charge in [0.05, 0.1) is 12.6 Å². The Morgan fingerprint density at radius 2 is 2.15 bits per heavy atom. The molecule has 1 amide bonds. The first kappa shape index (κ1) is 15.0. The zero-order valence-corrected chi connectivity index (χ0v) is 12.0. The van der Waals surface area contributed by atoms with E-state index in [0.717, 1.165) is 5.56 Å². The lowest BCUT2D eigenvalue weighted by molar-refractivity contribution is -0.139. The number of amides is 1. The quantitative estimate of drug-likeness (QED) is 0.836. The number of carbonyl (C=O) groups excluding carboxylic acids is 1.